The van der Waals surface area contributed by atoms with Crippen molar-refractivity contribution in [3.63, 3.8) is 0 Å². The Morgan fingerprint density at radius 1 is 1.32 bits per heavy atom. The molecule has 0 spiro atoms. The average Bonchev–Trinajstić information content (AvgIpc) is 2.20. The summed E-state index contributed by atoms with van der Waals surface area (Å²) in [5, 5.41) is 12.9. The summed E-state index contributed by atoms with van der Waals surface area (Å²) in [5.41, 5.74) is -0.864. The molecule has 0 saturated heterocycles. The number of nitro benzene ring substituents is 1. The van der Waals surface area contributed by atoms with Crippen molar-refractivity contribution in [1.29, 1.82) is 0 Å². The highest BCUT2D eigenvalue weighted by Crippen LogP contribution is 2.34. The molecule has 0 aliphatic heterocycles. The first-order valence-corrected chi connectivity index (χ1v) is 5.99. The molecule has 6 nitrogen and oxygen atoms in total. The normalized spacial score (nSPS) is 11.0. The molecule has 1 aromatic carbocycles. The molecule has 1 rings (SSSR count). The lowest BCUT2D eigenvalue weighted by Crippen LogP contribution is -2.27. The lowest BCUT2D eigenvalue weighted by atomic mass is 10.2. The fraction of sp³-hybridized carbons (Fsp3) is 0.364. The van der Waals surface area contributed by atoms with E-state index >= 15 is 0 Å². The molecule has 1 aromatic rings. The number of ether oxygens (including phenoxy) is 1. The lowest BCUT2D eigenvalue weighted by molar-refractivity contribution is -0.384. The van der Waals surface area contributed by atoms with Crippen molar-refractivity contribution >= 4 is 40.7 Å². The van der Waals surface area contributed by atoms with Crippen molar-refractivity contribution in [1.82, 2.24) is 0 Å². The van der Waals surface area contributed by atoms with Gasteiger partial charge in [-0.3, -0.25) is 15.4 Å². The first-order valence-electron chi connectivity index (χ1n) is 5.23. The molecule has 0 unspecified atom stereocenters. The number of hydrogen-bond donors (Lipinski definition) is 1. The van der Waals surface area contributed by atoms with Crippen LogP contribution in [0.1, 0.15) is 20.8 Å². The van der Waals surface area contributed by atoms with Gasteiger partial charge in [0.15, 0.2) is 0 Å². The molecule has 1 N–H and O–H groups in total. The number of non-ortho nitro benzene ring substituents is 1. The summed E-state index contributed by atoms with van der Waals surface area (Å²) in [6.07, 6.45) is -0.745. The second kappa shape index (κ2) is 5.63. The Balaban J connectivity index is 2.97. The predicted molar refractivity (Wildman–Crippen MR) is 73.0 cm³/mol. The van der Waals surface area contributed by atoms with E-state index in [1.54, 1.807) is 20.8 Å². The van der Waals surface area contributed by atoms with Crippen LogP contribution in [0.3, 0.4) is 0 Å². The minimum Gasteiger partial charge on any atom is -0.444 e. The molecule has 0 aliphatic carbocycles. The Labute approximate surface area is 119 Å². The maximum absolute atomic E-state index is 11.6. The first-order chi connectivity index (χ1) is 8.60. The molecule has 0 fully saturated rings. The molecular weight excluding hydrogens is 295 g/mol. The van der Waals surface area contributed by atoms with Crippen LogP contribution in [-0.2, 0) is 4.74 Å². The Morgan fingerprint density at radius 3 is 2.16 bits per heavy atom. The molecule has 0 saturated carbocycles. The van der Waals surface area contributed by atoms with Gasteiger partial charge in [0.1, 0.15) is 5.60 Å². The van der Waals surface area contributed by atoms with E-state index in [1.165, 1.54) is 0 Å². The van der Waals surface area contributed by atoms with Crippen molar-refractivity contribution in [2.24, 2.45) is 0 Å². The second-order valence-corrected chi connectivity index (χ2v) is 5.48. The van der Waals surface area contributed by atoms with Crippen LogP contribution in [0.5, 0.6) is 0 Å². The smallest absolute Gasteiger partial charge is 0.412 e. The summed E-state index contributed by atoms with van der Waals surface area (Å²) >= 11 is 11.7. The number of carbonyl (C=O) groups is 1. The summed E-state index contributed by atoms with van der Waals surface area (Å²) in [7, 11) is 0. The van der Waals surface area contributed by atoms with Crippen LogP contribution in [0, 0.1) is 10.1 Å². The van der Waals surface area contributed by atoms with Gasteiger partial charge in [0.2, 0.25) is 0 Å². The van der Waals surface area contributed by atoms with E-state index in [9.17, 15) is 14.9 Å². The van der Waals surface area contributed by atoms with Gasteiger partial charge in [-0.15, -0.1) is 0 Å². The maximum atomic E-state index is 11.6. The Kier molecular flexibility index (Phi) is 4.60. The van der Waals surface area contributed by atoms with E-state index in [2.05, 4.69) is 5.32 Å². The summed E-state index contributed by atoms with van der Waals surface area (Å²) in [6.45, 7) is 5.10. The molecule has 19 heavy (non-hydrogen) atoms. The second-order valence-electron chi connectivity index (χ2n) is 4.67. The van der Waals surface area contributed by atoms with Gasteiger partial charge in [0.05, 0.1) is 20.7 Å². The van der Waals surface area contributed by atoms with Gasteiger partial charge in [0.25, 0.3) is 5.69 Å². The van der Waals surface area contributed by atoms with E-state index < -0.39 is 16.6 Å². The van der Waals surface area contributed by atoms with E-state index in [-0.39, 0.29) is 21.4 Å². The van der Waals surface area contributed by atoms with Gasteiger partial charge in [0, 0.05) is 12.1 Å². The molecule has 0 bridgehead atoms. The Bertz CT molecular complexity index is 503. The number of nitrogens with one attached hydrogen (secondary N) is 1. The highest BCUT2D eigenvalue weighted by atomic mass is 35.5. The summed E-state index contributed by atoms with van der Waals surface area (Å²) in [5.74, 6) is 0. The molecule has 0 aromatic heterocycles. The van der Waals surface area contributed by atoms with Crippen molar-refractivity contribution in [3.05, 3.63) is 32.3 Å². The third-order valence-corrected chi connectivity index (χ3v) is 2.46. The van der Waals surface area contributed by atoms with Crippen molar-refractivity contribution < 1.29 is 14.5 Å². The number of benzene rings is 1. The summed E-state index contributed by atoms with van der Waals surface area (Å²) in [4.78, 5) is 21.5. The minimum atomic E-state index is -0.745. The maximum Gasteiger partial charge on any atom is 0.412 e. The molecule has 1 amide bonds. The Morgan fingerprint density at radius 2 is 1.79 bits per heavy atom. The third-order valence-electron chi connectivity index (χ3n) is 1.86. The van der Waals surface area contributed by atoms with Crippen molar-refractivity contribution in [2.75, 3.05) is 5.32 Å². The number of nitro groups is 1. The molecular formula is C11H12Cl2N2O4. The SMILES string of the molecule is CC(C)(C)OC(=O)Nc1c(Cl)cc([N+](=O)[O-])cc1Cl. The Hall–Kier alpha value is -1.53. The van der Waals surface area contributed by atoms with Crippen LogP contribution < -0.4 is 5.32 Å². The van der Waals surface area contributed by atoms with Gasteiger partial charge in [-0.25, -0.2) is 4.79 Å². The quantitative estimate of drug-likeness (QED) is 0.654. The van der Waals surface area contributed by atoms with Crippen LogP contribution in [-0.4, -0.2) is 16.6 Å². The molecule has 0 atom stereocenters. The van der Waals surface area contributed by atoms with Gasteiger partial charge in [-0.05, 0) is 20.8 Å². The first kappa shape index (κ1) is 15.5. The predicted octanol–water partition coefficient (Wildman–Crippen LogP) is 4.25. The van der Waals surface area contributed by atoms with Crippen molar-refractivity contribution in [2.45, 2.75) is 26.4 Å². The van der Waals surface area contributed by atoms with Crippen LogP contribution in [0.25, 0.3) is 0 Å². The standard InChI is InChI=1S/C11H12Cl2N2O4/c1-11(2,3)19-10(16)14-9-7(12)4-6(15(17)18)5-8(9)13/h4-5H,1-3H3,(H,14,16). The molecule has 104 valence electrons. The molecule has 0 radical (unpaired) electrons. The highest BCUT2D eigenvalue weighted by molar-refractivity contribution is 6.40. The van der Waals surface area contributed by atoms with Crippen LogP contribution >= 0.6 is 23.2 Å². The molecule has 0 heterocycles. The summed E-state index contributed by atoms with van der Waals surface area (Å²) < 4.78 is 5.03. The number of hydrogen-bond acceptors (Lipinski definition) is 4. The lowest BCUT2D eigenvalue weighted by Gasteiger charge is -2.20. The van der Waals surface area contributed by atoms with E-state index in [1.807, 2.05) is 0 Å². The number of rotatable bonds is 2. The number of halogens is 2. The fourth-order valence-corrected chi connectivity index (χ4v) is 1.76. The minimum absolute atomic E-state index is 0.0370. The van der Waals surface area contributed by atoms with Crippen LogP contribution in [0.15, 0.2) is 12.1 Å². The summed E-state index contributed by atoms with van der Waals surface area (Å²) in [6, 6.07) is 2.19. The zero-order valence-electron chi connectivity index (χ0n) is 10.5. The van der Waals surface area contributed by atoms with E-state index in [4.69, 9.17) is 27.9 Å². The zero-order chi connectivity index (χ0) is 14.8. The van der Waals surface area contributed by atoms with Gasteiger partial charge < -0.3 is 4.74 Å². The fourth-order valence-electron chi connectivity index (χ4n) is 1.19. The van der Waals surface area contributed by atoms with E-state index in [0.29, 0.717) is 0 Å². The topological polar surface area (TPSA) is 81.5 Å². The number of anilines is 1. The van der Waals surface area contributed by atoms with Crippen LogP contribution in [0.4, 0.5) is 16.2 Å². The third kappa shape index (κ3) is 4.57. The van der Waals surface area contributed by atoms with Gasteiger partial charge in [-0.1, -0.05) is 23.2 Å². The van der Waals surface area contributed by atoms with Gasteiger partial charge >= 0.3 is 6.09 Å². The van der Waals surface area contributed by atoms with Crippen LogP contribution in [0.2, 0.25) is 10.0 Å². The highest BCUT2D eigenvalue weighted by Gasteiger charge is 2.20. The largest absolute Gasteiger partial charge is 0.444 e. The molecule has 0 aliphatic rings. The average molecular weight is 307 g/mol. The number of nitrogens with zero attached hydrogens (tertiary/aromatic N) is 1. The number of carbonyl (C=O) groups excluding carboxylic acids is 1. The molecule has 8 heteroatoms. The van der Waals surface area contributed by atoms with Crippen molar-refractivity contribution in [3.8, 4) is 0 Å². The zero-order valence-corrected chi connectivity index (χ0v) is 12.0. The monoisotopic (exact) mass is 306 g/mol. The van der Waals surface area contributed by atoms with E-state index in [0.717, 1.165) is 12.1 Å². The number of amides is 1. The van der Waals surface area contributed by atoms with Gasteiger partial charge in [-0.2, -0.15) is 0 Å².